The Morgan fingerprint density at radius 3 is 3.27 bits per heavy atom. The Balaban J connectivity index is 1.75. The molecular weight excluding hydrogens is 212 g/mol. The van der Waals surface area contributed by atoms with Crippen LogP contribution in [-0.2, 0) is 0 Å². The molecule has 1 aliphatic rings. The van der Waals surface area contributed by atoms with Crippen molar-refractivity contribution in [2.24, 2.45) is 5.92 Å². The van der Waals surface area contributed by atoms with Crippen molar-refractivity contribution in [3.05, 3.63) is 23.4 Å². The van der Waals surface area contributed by atoms with E-state index in [1.54, 1.807) is 18.3 Å². The van der Waals surface area contributed by atoms with E-state index in [9.17, 15) is 0 Å². The van der Waals surface area contributed by atoms with E-state index in [4.69, 9.17) is 16.3 Å². The molecule has 1 fully saturated rings. The molecule has 0 bridgehead atoms. The maximum absolute atomic E-state index is 5.92. The van der Waals surface area contributed by atoms with Gasteiger partial charge < -0.3 is 10.1 Å². The van der Waals surface area contributed by atoms with Gasteiger partial charge in [0.15, 0.2) is 0 Å². The first kappa shape index (κ1) is 10.7. The highest BCUT2D eigenvalue weighted by atomic mass is 35.5. The molecule has 1 unspecified atom stereocenters. The number of pyridine rings is 1. The van der Waals surface area contributed by atoms with Gasteiger partial charge in [0, 0.05) is 6.20 Å². The van der Waals surface area contributed by atoms with Gasteiger partial charge >= 0.3 is 0 Å². The van der Waals surface area contributed by atoms with Crippen LogP contribution in [0.1, 0.15) is 12.8 Å². The smallest absolute Gasteiger partial charge is 0.232 e. The third-order valence-electron chi connectivity index (χ3n) is 2.65. The van der Waals surface area contributed by atoms with E-state index in [0.717, 1.165) is 25.4 Å². The van der Waals surface area contributed by atoms with Gasteiger partial charge in [0.05, 0.1) is 6.61 Å². The minimum atomic E-state index is 0.546. The van der Waals surface area contributed by atoms with Crippen LogP contribution < -0.4 is 10.1 Å². The van der Waals surface area contributed by atoms with Crippen LogP contribution in [0.3, 0.4) is 0 Å². The summed E-state index contributed by atoms with van der Waals surface area (Å²) >= 11 is 5.92. The average Bonchev–Trinajstić information content (AvgIpc) is 2.74. The van der Waals surface area contributed by atoms with E-state index in [-0.39, 0.29) is 0 Å². The van der Waals surface area contributed by atoms with Crippen LogP contribution in [0.25, 0.3) is 0 Å². The molecule has 15 heavy (non-hydrogen) atoms. The number of nitrogens with zero attached hydrogens (tertiary/aromatic N) is 1. The molecule has 82 valence electrons. The topological polar surface area (TPSA) is 34.1 Å². The van der Waals surface area contributed by atoms with Crippen molar-refractivity contribution in [2.45, 2.75) is 12.8 Å². The highest BCUT2D eigenvalue weighted by Gasteiger charge is 2.14. The molecule has 2 rings (SSSR count). The lowest BCUT2D eigenvalue weighted by Gasteiger charge is -2.09. The van der Waals surface area contributed by atoms with Gasteiger partial charge in [0.1, 0.15) is 5.02 Å². The fourth-order valence-corrected chi connectivity index (χ4v) is 1.94. The minimum Gasteiger partial charge on any atom is -0.477 e. The molecule has 0 spiro atoms. The predicted octanol–water partition coefficient (Wildman–Crippen LogP) is 2.11. The van der Waals surface area contributed by atoms with Gasteiger partial charge in [-0.1, -0.05) is 11.6 Å². The predicted molar refractivity (Wildman–Crippen MR) is 60.3 cm³/mol. The zero-order valence-electron chi connectivity index (χ0n) is 8.58. The fraction of sp³-hybridized carbons (Fsp3) is 0.545. The second-order valence-corrected chi connectivity index (χ2v) is 4.19. The number of ether oxygens (including phenoxy) is 1. The molecule has 1 N–H and O–H groups in total. The average molecular weight is 227 g/mol. The lowest BCUT2D eigenvalue weighted by Crippen LogP contribution is -2.12. The third-order valence-corrected chi connectivity index (χ3v) is 2.94. The molecule has 0 aliphatic carbocycles. The molecule has 3 nitrogen and oxygen atoms in total. The van der Waals surface area contributed by atoms with Gasteiger partial charge in [-0.15, -0.1) is 0 Å². The maximum atomic E-state index is 5.92. The normalized spacial score (nSPS) is 20.5. The Morgan fingerprint density at radius 2 is 2.53 bits per heavy atom. The summed E-state index contributed by atoms with van der Waals surface area (Å²) in [5.41, 5.74) is 0. The van der Waals surface area contributed by atoms with Crippen LogP contribution in [-0.4, -0.2) is 24.7 Å². The Kier molecular flexibility index (Phi) is 3.80. The van der Waals surface area contributed by atoms with Gasteiger partial charge in [-0.05, 0) is 44.0 Å². The van der Waals surface area contributed by atoms with Crippen LogP contribution in [0.2, 0.25) is 5.02 Å². The number of hydrogen-bond acceptors (Lipinski definition) is 3. The molecule has 0 aromatic carbocycles. The van der Waals surface area contributed by atoms with Gasteiger partial charge in [-0.3, -0.25) is 0 Å². The van der Waals surface area contributed by atoms with Gasteiger partial charge in [-0.25, -0.2) is 4.98 Å². The van der Waals surface area contributed by atoms with E-state index < -0.39 is 0 Å². The molecule has 2 heterocycles. The number of aromatic nitrogens is 1. The number of hydrogen-bond donors (Lipinski definition) is 1. The van der Waals surface area contributed by atoms with E-state index in [1.807, 2.05) is 0 Å². The van der Waals surface area contributed by atoms with E-state index in [1.165, 1.54) is 6.42 Å². The maximum Gasteiger partial charge on any atom is 0.232 e. The zero-order valence-corrected chi connectivity index (χ0v) is 9.33. The van der Waals surface area contributed by atoms with Crippen molar-refractivity contribution in [3.8, 4) is 5.88 Å². The van der Waals surface area contributed by atoms with E-state index >= 15 is 0 Å². The number of rotatable bonds is 4. The molecule has 0 radical (unpaired) electrons. The first-order valence-corrected chi connectivity index (χ1v) is 5.68. The van der Waals surface area contributed by atoms with Crippen molar-refractivity contribution in [2.75, 3.05) is 19.7 Å². The summed E-state index contributed by atoms with van der Waals surface area (Å²) in [4.78, 5) is 4.07. The minimum absolute atomic E-state index is 0.546. The summed E-state index contributed by atoms with van der Waals surface area (Å²) in [6.45, 7) is 2.94. The summed E-state index contributed by atoms with van der Waals surface area (Å²) < 4.78 is 5.53. The van der Waals surface area contributed by atoms with Crippen molar-refractivity contribution >= 4 is 11.6 Å². The molecule has 4 heteroatoms. The Hall–Kier alpha value is -0.800. The molecule has 0 amide bonds. The summed E-state index contributed by atoms with van der Waals surface area (Å²) in [6, 6.07) is 3.59. The van der Waals surface area contributed by atoms with Crippen LogP contribution in [0.5, 0.6) is 5.88 Å². The SMILES string of the molecule is Clc1cccnc1OCCC1CCNC1. The van der Waals surface area contributed by atoms with E-state index in [2.05, 4.69) is 10.3 Å². The summed E-state index contributed by atoms with van der Waals surface area (Å²) in [5, 5.41) is 3.92. The molecule has 1 aromatic rings. The van der Waals surface area contributed by atoms with Crippen LogP contribution in [0, 0.1) is 5.92 Å². The van der Waals surface area contributed by atoms with Crippen LogP contribution in [0.4, 0.5) is 0 Å². The van der Waals surface area contributed by atoms with Gasteiger partial charge in [-0.2, -0.15) is 0 Å². The van der Waals surface area contributed by atoms with Crippen molar-refractivity contribution in [1.82, 2.24) is 10.3 Å². The Morgan fingerprint density at radius 1 is 1.60 bits per heavy atom. The second kappa shape index (κ2) is 5.33. The quantitative estimate of drug-likeness (QED) is 0.854. The number of halogens is 1. The molecular formula is C11H15ClN2O. The first-order chi connectivity index (χ1) is 7.36. The first-order valence-electron chi connectivity index (χ1n) is 5.30. The molecule has 1 aliphatic heterocycles. The lowest BCUT2D eigenvalue weighted by molar-refractivity contribution is 0.274. The Labute approximate surface area is 94.8 Å². The molecule has 0 saturated carbocycles. The lowest BCUT2D eigenvalue weighted by atomic mass is 10.1. The highest BCUT2D eigenvalue weighted by molar-refractivity contribution is 6.31. The van der Waals surface area contributed by atoms with E-state index in [0.29, 0.717) is 17.5 Å². The largest absolute Gasteiger partial charge is 0.477 e. The van der Waals surface area contributed by atoms with Gasteiger partial charge in [0.25, 0.3) is 0 Å². The molecule has 1 atom stereocenters. The number of nitrogens with one attached hydrogen (secondary N) is 1. The summed E-state index contributed by atoms with van der Waals surface area (Å²) in [6.07, 6.45) is 4.01. The monoisotopic (exact) mass is 226 g/mol. The van der Waals surface area contributed by atoms with Crippen molar-refractivity contribution in [3.63, 3.8) is 0 Å². The van der Waals surface area contributed by atoms with Crippen molar-refractivity contribution in [1.29, 1.82) is 0 Å². The molecule has 1 aromatic heterocycles. The van der Waals surface area contributed by atoms with Crippen LogP contribution >= 0.6 is 11.6 Å². The van der Waals surface area contributed by atoms with Crippen LogP contribution in [0.15, 0.2) is 18.3 Å². The van der Waals surface area contributed by atoms with Gasteiger partial charge in [0.2, 0.25) is 5.88 Å². The third kappa shape index (κ3) is 3.08. The fourth-order valence-electron chi connectivity index (χ4n) is 1.76. The highest BCUT2D eigenvalue weighted by Crippen LogP contribution is 2.21. The Bertz CT molecular complexity index is 313. The summed E-state index contributed by atoms with van der Waals surface area (Å²) in [5.74, 6) is 1.29. The zero-order chi connectivity index (χ0) is 10.5. The van der Waals surface area contributed by atoms with Crippen molar-refractivity contribution < 1.29 is 4.74 Å². The molecule has 1 saturated heterocycles. The summed E-state index contributed by atoms with van der Waals surface area (Å²) in [7, 11) is 0. The second-order valence-electron chi connectivity index (χ2n) is 3.79. The standard InChI is InChI=1S/C11H15ClN2O/c12-10-2-1-5-14-11(10)15-7-4-9-3-6-13-8-9/h1-2,5,9,13H,3-4,6-8H2.